The van der Waals surface area contributed by atoms with Crippen LogP contribution in [0.2, 0.25) is 0 Å². The molecular weight excluding hydrogens is 406 g/mol. The molecule has 1 aromatic heterocycles. The van der Waals surface area contributed by atoms with E-state index < -0.39 is 0 Å². The molecule has 6 heteroatoms. The van der Waals surface area contributed by atoms with Gasteiger partial charge in [-0.25, -0.2) is 0 Å². The van der Waals surface area contributed by atoms with E-state index in [4.69, 9.17) is 18.6 Å². The third-order valence-electron chi connectivity index (χ3n) is 6.49. The van der Waals surface area contributed by atoms with Crippen molar-refractivity contribution in [2.75, 3.05) is 19.5 Å². The van der Waals surface area contributed by atoms with Crippen LogP contribution in [0.4, 0.5) is 5.69 Å². The molecule has 0 bridgehead atoms. The number of hydrogen-bond donors (Lipinski definition) is 1. The van der Waals surface area contributed by atoms with Crippen molar-refractivity contribution in [2.45, 2.75) is 43.8 Å². The number of nitrogens with one attached hydrogen (secondary N) is 1. The predicted molar refractivity (Wildman–Crippen MR) is 121 cm³/mol. The Bertz CT molecular complexity index is 1110. The van der Waals surface area contributed by atoms with Gasteiger partial charge in [-0.15, -0.1) is 0 Å². The van der Waals surface area contributed by atoms with Crippen LogP contribution in [0.15, 0.2) is 59.2 Å². The van der Waals surface area contributed by atoms with Gasteiger partial charge in [0.25, 0.3) is 5.91 Å². The van der Waals surface area contributed by atoms with Crippen LogP contribution < -0.4 is 14.8 Å². The van der Waals surface area contributed by atoms with Crippen LogP contribution in [0.5, 0.6) is 11.5 Å². The average Bonchev–Trinajstić information content (AvgIpc) is 3.38. The Balaban J connectivity index is 1.56. The van der Waals surface area contributed by atoms with Gasteiger partial charge in [-0.2, -0.15) is 0 Å². The quantitative estimate of drug-likeness (QED) is 0.559. The molecule has 2 heterocycles. The summed E-state index contributed by atoms with van der Waals surface area (Å²) in [5.41, 5.74) is 3.85. The van der Waals surface area contributed by atoms with E-state index in [0.29, 0.717) is 11.6 Å². The predicted octanol–water partition coefficient (Wildman–Crippen LogP) is 5.69. The molecule has 2 aromatic carbocycles. The number of furan rings is 1. The van der Waals surface area contributed by atoms with E-state index in [0.717, 1.165) is 41.9 Å². The van der Waals surface area contributed by atoms with Gasteiger partial charge in [0.05, 0.1) is 26.6 Å². The van der Waals surface area contributed by atoms with Gasteiger partial charge in [0, 0.05) is 22.7 Å². The first kappa shape index (κ1) is 20.6. The monoisotopic (exact) mass is 433 g/mol. The van der Waals surface area contributed by atoms with Crippen LogP contribution in [-0.2, 0) is 4.74 Å². The largest absolute Gasteiger partial charge is 0.496 e. The number of hydrogen-bond acceptors (Lipinski definition) is 5. The minimum absolute atomic E-state index is 0.128. The molecule has 1 N–H and O–H groups in total. The number of ether oxygens (including phenoxy) is 3. The molecular formula is C26H27NO5. The molecule has 5 rings (SSSR count). The van der Waals surface area contributed by atoms with Gasteiger partial charge in [0.1, 0.15) is 17.6 Å². The van der Waals surface area contributed by atoms with E-state index in [1.165, 1.54) is 18.2 Å². The molecule has 1 aliphatic carbocycles. The van der Waals surface area contributed by atoms with Crippen molar-refractivity contribution in [3.05, 3.63) is 77.2 Å². The number of amides is 1. The second-order valence-corrected chi connectivity index (χ2v) is 8.30. The summed E-state index contributed by atoms with van der Waals surface area (Å²) >= 11 is 0. The highest BCUT2D eigenvalue weighted by molar-refractivity contribution is 6.02. The zero-order valence-electron chi connectivity index (χ0n) is 18.3. The Labute approximate surface area is 187 Å². The third-order valence-corrected chi connectivity index (χ3v) is 6.49. The molecule has 1 aliphatic heterocycles. The zero-order valence-corrected chi connectivity index (χ0v) is 18.3. The smallest absolute Gasteiger partial charge is 0.291 e. The van der Waals surface area contributed by atoms with Crippen LogP contribution in [0, 0.1) is 0 Å². The topological polar surface area (TPSA) is 69.9 Å². The highest BCUT2D eigenvalue weighted by Crippen LogP contribution is 2.52. The summed E-state index contributed by atoms with van der Waals surface area (Å²) in [6, 6.07) is 15.0. The molecule has 166 valence electrons. The molecule has 3 aromatic rings. The maximum Gasteiger partial charge on any atom is 0.291 e. The lowest BCUT2D eigenvalue weighted by Gasteiger charge is -2.42. The molecule has 2 aliphatic rings. The molecule has 1 fully saturated rings. The van der Waals surface area contributed by atoms with Crippen molar-refractivity contribution >= 4 is 11.6 Å². The van der Waals surface area contributed by atoms with Crippen LogP contribution in [0.25, 0.3) is 0 Å². The number of rotatable bonds is 5. The minimum Gasteiger partial charge on any atom is -0.496 e. The molecule has 6 nitrogen and oxygen atoms in total. The summed E-state index contributed by atoms with van der Waals surface area (Å²) < 4.78 is 23.5. The number of benzene rings is 2. The van der Waals surface area contributed by atoms with Crippen LogP contribution in [0.3, 0.4) is 0 Å². The third kappa shape index (κ3) is 3.65. The number of fused-ring (bicyclic) bond motifs is 3. The van der Waals surface area contributed by atoms with Gasteiger partial charge < -0.3 is 23.9 Å². The fourth-order valence-corrected chi connectivity index (χ4v) is 5.06. The normalized spacial score (nSPS) is 21.9. The summed E-state index contributed by atoms with van der Waals surface area (Å²) in [5.74, 6) is 1.95. The fraction of sp³-hybridized carbons (Fsp3) is 0.346. The zero-order chi connectivity index (χ0) is 22.1. The van der Waals surface area contributed by atoms with E-state index in [1.807, 2.05) is 36.4 Å². The first-order chi connectivity index (χ1) is 15.7. The van der Waals surface area contributed by atoms with Crippen molar-refractivity contribution in [2.24, 2.45) is 0 Å². The fourth-order valence-electron chi connectivity index (χ4n) is 5.06. The van der Waals surface area contributed by atoms with Crippen molar-refractivity contribution < 1.29 is 23.4 Å². The Hall–Kier alpha value is -3.25. The molecule has 0 saturated heterocycles. The Kier molecular flexibility index (Phi) is 5.62. The molecule has 1 saturated carbocycles. The van der Waals surface area contributed by atoms with E-state index in [1.54, 1.807) is 26.4 Å². The number of carbonyl (C=O) groups is 1. The Morgan fingerprint density at radius 3 is 2.50 bits per heavy atom. The lowest BCUT2D eigenvalue weighted by atomic mass is 9.75. The average molecular weight is 434 g/mol. The molecule has 0 unspecified atom stereocenters. The van der Waals surface area contributed by atoms with Crippen LogP contribution in [-0.4, -0.2) is 26.2 Å². The highest BCUT2D eigenvalue weighted by Gasteiger charge is 2.41. The maximum atomic E-state index is 12.5. The summed E-state index contributed by atoms with van der Waals surface area (Å²) in [5, 5.41) is 2.91. The van der Waals surface area contributed by atoms with Gasteiger partial charge in [-0.05, 0) is 54.8 Å². The molecule has 32 heavy (non-hydrogen) atoms. The second-order valence-electron chi connectivity index (χ2n) is 8.30. The van der Waals surface area contributed by atoms with Gasteiger partial charge in [0.15, 0.2) is 5.76 Å². The highest BCUT2D eigenvalue weighted by atomic mass is 16.5. The van der Waals surface area contributed by atoms with Crippen molar-refractivity contribution in [3.8, 4) is 11.5 Å². The summed E-state index contributed by atoms with van der Waals surface area (Å²) in [6.45, 7) is 0. The van der Waals surface area contributed by atoms with E-state index >= 15 is 0 Å². The summed E-state index contributed by atoms with van der Waals surface area (Å²) in [6.07, 6.45) is 5.75. The van der Waals surface area contributed by atoms with Gasteiger partial charge in [0.2, 0.25) is 0 Å². The maximum absolute atomic E-state index is 12.5. The lowest BCUT2D eigenvalue weighted by molar-refractivity contribution is -0.0406. The van der Waals surface area contributed by atoms with E-state index in [9.17, 15) is 4.79 Å². The molecule has 3 atom stereocenters. The van der Waals surface area contributed by atoms with E-state index in [-0.39, 0.29) is 23.9 Å². The summed E-state index contributed by atoms with van der Waals surface area (Å²) in [4.78, 5) is 12.5. The minimum atomic E-state index is -0.310. The molecule has 0 spiro atoms. The van der Waals surface area contributed by atoms with Crippen molar-refractivity contribution in [1.82, 2.24) is 0 Å². The number of carbonyl (C=O) groups excluding carboxylic acids is 1. The number of methoxy groups -OCH3 is 2. The van der Waals surface area contributed by atoms with Gasteiger partial charge >= 0.3 is 0 Å². The lowest BCUT2D eigenvalue weighted by Crippen LogP contribution is -2.34. The van der Waals surface area contributed by atoms with E-state index in [2.05, 4.69) is 5.32 Å². The van der Waals surface area contributed by atoms with Gasteiger partial charge in [-0.1, -0.05) is 25.0 Å². The van der Waals surface area contributed by atoms with Crippen LogP contribution >= 0.6 is 0 Å². The van der Waals surface area contributed by atoms with Crippen molar-refractivity contribution in [3.63, 3.8) is 0 Å². The van der Waals surface area contributed by atoms with Crippen LogP contribution in [0.1, 0.15) is 65.0 Å². The second kappa shape index (κ2) is 8.71. The number of anilines is 1. The molecule has 0 radical (unpaired) electrons. The molecule has 1 amide bonds. The Morgan fingerprint density at radius 1 is 0.969 bits per heavy atom. The van der Waals surface area contributed by atoms with Gasteiger partial charge in [-0.3, -0.25) is 4.79 Å². The first-order valence-corrected chi connectivity index (χ1v) is 11.0. The Morgan fingerprint density at radius 2 is 1.75 bits per heavy atom. The summed E-state index contributed by atoms with van der Waals surface area (Å²) in [7, 11) is 3.40. The SMILES string of the molecule is COc1ccc(OC)c2c1[C@@H](c1cccc(NC(=O)c3ccco3)c1)O[C@H]1CCCC[C@H]21. The van der Waals surface area contributed by atoms with Crippen molar-refractivity contribution in [1.29, 1.82) is 0 Å². The standard InChI is InChI=1S/C26H27NO5/c1-29-20-12-13-21(30-2)24-23(20)18-9-3-4-10-19(18)32-25(24)16-7-5-8-17(15-16)27-26(28)22-11-6-14-31-22/h5-8,11-15,18-19,25H,3-4,9-10H2,1-2H3,(H,27,28)/t18-,19-,25+/m0/s1. The first-order valence-electron chi connectivity index (χ1n) is 11.0.